The number of benzene rings is 2. The first-order valence-corrected chi connectivity index (χ1v) is 10.6. The zero-order valence-electron chi connectivity index (χ0n) is 17.5. The van der Waals surface area contributed by atoms with Gasteiger partial charge in [0.15, 0.2) is 11.5 Å². The van der Waals surface area contributed by atoms with Gasteiger partial charge in [-0.1, -0.05) is 24.4 Å². The largest absolute Gasteiger partial charge is 0.486 e. The minimum Gasteiger partial charge on any atom is -0.486 e. The molecular weight excluding hydrogens is 413 g/mol. The molecule has 0 radical (unpaired) electrons. The van der Waals surface area contributed by atoms with E-state index in [0.717, 1.165) is 25.7 Å². The van der Waals surface area contributed by atoms with Crippen molar-refractivity contribution in [2.45, 2.75) is 44.8 Å². The van der Waals surface area contributed by atoms with Crippen molar-refractivity contribution in [1.29, 1.82) is 0 Å². The number of carbonyl (C=O) groups is 2. The van der Waals surface area contributed by atoms with E-state index >= 15 is 0 Å². The summed E-state index contributed by atoms with van der Waals surface area (Å²) >= 11 is 0. The second kappa shape index (κ2) is 10.1. The third kappa shape index (κ3) is 5.72. The van der Waals surface area contributed by atoms with Gasteiger partial charge in [0.2, 0.25) is 0 Å². The summed E-state index contributed by atoms with van der Waals surface area (Å²) in [6.45, 7) is 0.116. The Bertz CT molecular complexity index is 1060. The van der Waals surface area contributed by atoms with Crippen molar-refractivity contribution >= 4 is 17.5 Å². The van der Waals surface area contributed by atoms with Crippen LogP contribution in [0.5, 0.6) is 5.75 Å². The maximum absolute atomic E-state index is 13.0. The normalized spacial score (nSPS) is 14.0. The van der Waals surface area contributed by atoms with E-state index in [0.29, 0.717) is 22.8 Å². The number of ether oxygens (including phenoxy) is 1. The molecular formula is C24H24FN3O4. The van der Waals surface area contributed by atoms with E-state index in [1.807, 2.05) is 0 Å². The Morgan fingerprint density at radius 1 is 1.00 bits per heavy atom. The first-order chi connectivity index (χ1) is 15.6. The fourth-order valence-corrected chi connectivity index (χ4v) is 3.59. The molecule has 1 aliphatic carbocycles. The first-order valence-electron chi connectivity index (χ1n) is 10.6. The molecule has 1 fully saturated rings. The second-order valence-corrected chi connectivity index (χ2v) is 7.76. The molecule has 0 saturated heterocycles. The number of amides is 2. The van der Waals surface area contributed by atoms with Crippen LogP contribution in [0, 0.1) is 5.82 Å². The highest BCUT2D eigenvalue weighted by molar-refractivity contribution is 6.04. The Kier molecular flexibility index (Phi) is 6.79. The molecule has 3 aromatic rings. The van der Waals surface area contributed by atoms with Gasteiger partial charge in [0.1, 0.15) is 18.2 Å². The third-order valence-electron chi connectivity index (χ3n) is 5.33. The van der Waals surface area contributed by atoms with Crippen LogP contribution in [-0.4, -0.2) is 23.0 Å². The maximum Gasteiger partial charge on any atom is 0.273 e. The number of nitrogens with zero attached hydrogens (tertiary/aromatic N) is 1. The number of aromatic nitrogens is 1. The number of halogens is 1. The maximum atomic E-state index is 13.0. The smallest absolute Gasteiger partial charge is 0.273 e. The molecule has 1 saturated carbocycles. The molecule has 2 aromatic carbocycles. The fourth-order valence-electron chi connectivity index (χ4n) is 3.59. The van der Waals surface area contributed by atoms with Gasteiger partial charge in [-0.05, 0) is 61.4 Å². The Morgan fingerprint density at radius 2 is 1.72 bits per heavy atom. The molecule has 0 unspecified atom stereocenters. The minimum absolute atomic E-state index is 0.116. The standard InChI is InChI=1S/C24H24FN3O4/c25-17-8-6-16(7-9-17)23(29)26-19-10-12-20(13-11-19)31-15-21-14-22(28-32-21)24(30)27-18-4-2-1-3-5-18/h6-14,18H,1-5,15H2,(H,26,29)(H,27,30). The lowest BCUT2D eigenvalue weighted by Gasteiger charge is -2.22. The molecule has 0 aliphatic heterocycles. The van der Waals surface area contributed by atoms with Crippen LogP contribution in [-0.2, 0) is 6.61 Å². The van der Waals surface area contributed by atoms with Crippen LogP contribution in [0.1, 0.15) is 58.7 Å². The molecule has 32 heavy (non-hydrogen) atoms. The lowest BCUT2D eigenvalue weighted by molar-refractivity contribution is 0.0917. The summed E-state index contributed by atoms with van der Waals surface area (Å²) in [5, 5.41) is 9.58. The van der Waals surface area contributed by atoms with Crippen LogP contribution in [0.3, 0.4) is 0 Å². The molecule has 0 spiro atoms. The van der Waals surface area contributed by atoms with E-state index in [4.69, 9.17) is 9.26 Å². The van der Waals surface area contributed by atoms with Crippen molar-refractivity contribution in [2.24, 2.45) is 0 Å². The number of nitrogens with one attached hydrogen (secondary N) is 2. The van der Waals surface area contributed by atoms with E-state index in [-0.39, 0.29) is 30.2 Å². The van der Waals surface area contributed by atoms with Crippen molar-refractivity contribution in [1.82, 2.24) is 10.5 Å². The monoisotopic (exact) mass is 437 g/mol. The molecule has 0 atom stereocenters. The van der Waals surface area contributed by atoms with Crippen molar-refractivity contribution in [3.8, 4) is 5.75 Å². The highest BCUT2D eigenvalue weighted by atomic mass is 19.1. The van der Waals surface area contributed by atoms with Gasteiger partial charge in [0, 0.05) is 23.4 Å². The predicted octanol–water partition coefficient (Wildman–Crippen LogP) is 4.71. The van der Waals surface area contributed by atoms with Crippen molar-refractivity contribution in [3.05, 3.63) is 77.4 Å². The van der Waals surface area contributed by atoms with Crippen molar-refractivity contribution < 1.29 is 23.2 Å². The summed E-state index contributed by atoms with van der Waals surface area (Å²) in [6, 6.07) is 13.9. The van der Waals surface area contributed by atoms with Crippen LogP contribution in [0.15, 0.2) is 59.1 Å². The summed E-state index contributed by atoms with van der Waals surface area (Å²) < 4.78 is 23.9. The highest BCUT2D eigenvalue weighted by Gasteiger charge is 2.19. The van der Waals surface area contributed by atoms with Gasteiger partial charge in [0.25, 0.3) is 11.8 Å². The first kappa shape index (κ1) is 21.5. The average Bonchev–Trinajstić information content (AvgIpc) is 3.29. The van der Waals surface area contributed by atoms with Gasteiger partial charge >= 0.3 is 0 Å². The van der Waals surface area contributed by atoms with Crippen LogP contribution in [0.4, 0.5) is 10.1 Å². The Hall–Kier alpha value is -3.68. The zero-order chi connectivity index (χ0) is 22.3. The van der Waals surface area contributed by atoms with Crippen LogP contribution < -0.4 is 15.4 Å². The van der Waals surface area contributed by atoms with Crippen molar-refractivity contribution in [3.63, 3.8) is 0 Å². The van der Waals surface area contributed by atoms with Crippen molar-refractivity contribution in [2.75, 3.05) is 5.32 Å². The van der Waals surface area contributed by atoms with E-state index in [1.165, 1.54) is 30.7 Å². The predicted molar refractivity (Wildman–Crippen MR) is 116 cm³/mol. The highest BCUT2D eigenvalue weighted by Crippen LogP contribution is 2.20. The summed E-state index contributed by atoms with van der Waals surface area (Å²) in [4.78, 5) is 24.5. The summed E-state index contributed by atoms with van der Waals surface area (Å²) in [5.41, 5.74) is 1.18. The van der Waals surface area contributed by atoms with Gasteiger partial charge < -0.3 is 19.9 Å². The Labute approximate surface area is 184 Å². The zero-order valence-corrected chi connectivity index (χ0v) is 17.5. The number of hydrogen-bond donors (Lipinski definition) is 2. The van der Waals surface area contributed by atoms with Gasteiger partial charge in [0.05, 0.1) is 0 Å². The van der Waals surface area contributed by atoms with E-state index < -0.39 is 5.82 Å². The van der Waals surface area contributed by atoms with Gasteiger partial charge in [-0.3, -0.25) is 9.59 Å². The molecule has 1 aromatic heterocycles. The van der Waals surface area contributed by atoms with E-state index in [9.17, 15) is 14.0 Å². The molecule has 1 aliphatic rings. The van der Waals surface area contributed by atoms with E-state index in [1.54, 1.807) is 30.3 Å². The quantitative estimate of drug-likeness (QED) is 0.559. The lowest BCUT2D eigenvalue weighted by atomic mass is 9.95. The molecule has 2 N–H and O–H groups in total. The van der Waals surface area contributed by atoms with Gasteiger partial charge in [-0.15, -0.1) is 0 Å². The van der Waals surface area contributed by atoms with Crippen LogP contribution in [0.25, 0.3) is 0 Å². The molecule has 8 heteroatoms. The van der Waals surface area contributed by atoms with E-state index in [2.05, 4.69) is 15.8 Å². The lowest BCUT2D eigenvalue weighted by Crippen LogP contribution is -2.36. The molecule has 0 bridgehead atoms. The number of hydrogen-bond acceptors (Lipinski definition) is 5. The second-order valence-electron chi connectivity index (χ2n) is 7.76. The van der Waals surface area contributed by atoms with Crippen LogP contribution >= 0.6 is 0 Å². The summed E-state index contributed by atoms with van der Waals surface area (Å²) in [5.74, 6) is 0.0427. The molecule has 7 nitrogen and oxygen atoms in total. The molecule has 2 amide bonds. The topological polar surface area (TPSA) is 93.5 Å². The Balaban J connectivity index is 1.26. The summed E-state index contributed by atoms with van der Waals surface area (Å²) in [6.07, 6.45) is 5.49. The molecule has 166 valence electrons. The Morgan fingerprint density at radius 3 is 2.44 bits per heavy atom. The number of anilines is 1. The van der Waals surface area contributed by atoms with Gasteiger partial charge in [-0.25, -0.2) is 4.39 Å². The van der Waals surface area contributed by atoms with Crippen LogP contribution in [0.2, 0.25) is 0 Å². The minimum atomic E-state index is -0.396. The molecule has 1 heterocycles. The SMILES string of the molecule is O=C(Nc1ccc(OCc2cc(C(=O)NC3CCCCC3)no2)cc1)c1ccc(F)cc1. The average molecular weight is 437 g/mol. The number of rotatable bonds is 7. The molecule has 4 rings (SSSR count). The fraction of sp³-hybridized carbons (Fsp3) is 0.292. The third-order valence-corrected chi connectivity index (χ3v) is 5.33. The summed E-state index contributed by atoms with van der Waals surface area (Å²) in [7, 11) is 0. The number of carbonyl (C=O) groups excluding carboxylic acids is 2. The van der Waals surface area contributed by atoms with Gasteiger partial charge in [-0.2, -0.15) is 0 Å².